The van der Waals surface area contributed by atoms with Crippen molar-refractivity contribution in [1.82, 2.24) is 25.1 Å². The van der Waals surface area contributed by atoms with Crippen LogP contribution in [0.2, 0.25) is 0 Å². The fourth-order valence-corrected chi connectivity index (χ4v) is 6.02. The van der Waals surface area contributed by atoms with Gasteiger partial charge in [-0.15, -0.1) is 17.8 Å². The lowest BCUT2D eigenvalue weighted by Gasteiger charge is -2.28. The number of rotatable bonds is 2. The number of likely N-dealkylation sites (N-methyl/N-ethyl adjacent to an activating group) is 1. The highest BCUT2D eigenvalue weighted by Crippen LogP contribution is 2.33. The van der Waals surface area contributed by atoms with Crippen molar-refractivity contribution in [3.8, 4) is 28.8 Å². The van der Waals surface area contributed by atoms with E-state index < -0.39 is 0 Å². The molecule has 11 nitrogen and oxygen atoms in total. The molecular weight excluding hydrogens is 582 g/mol. The number of fused-ring (bicyclic) bond motifs is 3. The number of aromatic nitrogens is 2. The van der Waals surface area contributed by atoms with Crippen LogP contribution in [0.5, 0.6) is 5.75 Å². The van der Waals surface area contributed by atoms with Crippen molar-refractivity contribution in [2.24, 2.45) is 5.92 Å². The Morgan fingerprint density at radius 2 is 1.98 bits per heavy atom. The summed E-state index contributed by atoms with van der Waals surface area (Å²) in [5, 5.41) is 13.1. The normalized spacial score (nSPS) is 22.0. The zero-order valence-electron chi connectivity index (χ0n) is 24.8. The second-order valence-electron chi connectivity index (χ2n) is 10.7. The van der Waals surface area contributed by atoms with E-state index >= 15 is 0 Å². The number of amides is 3. The van der Waals surface area contributed by atoms with Crippen molar-refractivity contribution in [3.05, 3.63) is 57.7 Å². The van der Waals surface area contributed by atoms with Crippen molar-refractivity contribution in [2.45, 2.75) is 50.6 Å². The van der Waals surface area contributed by atoms with Gasteiger partial charge in [-0.3, -0.25) is 14.4 Å². The van der Waals surface area contributed by atoms with Crippen LogP contribution in [0.15, 0.2) is 46.6 Å². The van der Waals surface area contributed by atoms with Gasteiger partial charge in [0.1, 0.15) is 22.5 Å². The molecule has 1 aromatic carbocycles. The summed E-state index contributed by atoms with van der Waals surface area (Å²) in [5.41, 5.74) is 1.87. The first-order chi connectivity index (χ1) is 21.3. The minimum absolute atomic E-state index is 0.0581. The monoisotopic (exact) mass is 619 g/mol. The Labute approximate surface area is 259 Å². The van der Waals surface area contributed by atoms with E-state index in [-0.39, 0.29) is 35.9 Å². The standard InChI is InChI=1S/C16H25N3O2.C15H10N2O2S.CH2O2/c1-18-9-5-3-2-4-7-12-11-13(12)17-16(21)19-10-6-8-14(19)15(18)20;1-3-9-8-20-15(16-9)13-7-14(18)11-5-4-10(19-2)6-12(11)17-13;2-1-3/h4,7,12-14H,2-3,5-6,8-11H2,1H3,(H,17,21);1,4-8H,2H3,(H,17,18);1H,(H,2,3)/b7-4-;;/t12-,13?,14+;;/m1../s1. The topological polar surface area (TPSA) is 145 Å². The molecule has 3 amide bonds. The average molecular weight is 620 g/mol. The molecule has 0 spiro atoms. The summed E-state index contributed by atoms with van der Waals surface area (Å²) in [6.07, 6.45) is 15.7. The van der Waals surface area contributed by atoms with Crippen LogP contribution in [0, 0.1) is 18.3 Å². The maximum atomic E-state index is 12.5. The van der Waals surface area contributed by atoms with E-state index in [0.717, 1.165) is 45.1 Å². The molecule has 1 aliphatic carbocycles. The molecule has 0 radical (unpaired) electrons. The van der Waals surface area contributed by atoms with Gasteiger partial charge in [0.15, 0.2) is 5.43 Å². The van der Waals surface area contributed by atoms with Gasteiger partial charge >= 0.3 is 6.03 Å². The highest BCUT2D eigenvalue weighted by atomic mass is 32.1. The van der Waals surface area contributed by atoms with E-state index in [0.29, 0.717) is 45.5 Å². The van der Waals surface area contributed by atoms with Crippen molar-refractivity contribution in [3.63, 3.8) is 0 Å². The summed E-state index contributed by atoms with van der Waals surface area (Å²) in [6, 6.07) is 6.78. The number of pyridine rings is 1. The van der Waals surface area contributed by atoms with Crippen LogP contribution < -0.4 is 15.5 Å². The number of aromatic amines is 1. The van der Waals surface area contributed by atoms with Gasteiger partial charge in [-0.05, 0) is 62.5 Å². The zero-order valence-corrected chi connectivity index (χ0v) is 25.6. The van der Waals surface area contributed by atoms with Crippen LogP contribution in [0.3, 0.4) is 0 Å². The number of hydrogen-bond acceptors (Lipinski definition) is 7. The minimum Gasteiger partial charge on any atom is -0.497 e. The van der Waals surface area contributed by atoms with Gasteiger partial charge in [0.05, 0.1) is 18.3 Å². The molecule has 6 rings (SSSR count). The molecule has 2 fully saturated rings. The lowest BCUT2D eigenvalue weighted by Crippen LogP contribution is -2.50. The highest BCUT2D eigenvalue weighted by molar-refractivity contribution is 7.13. The van der Waals surface area contributed by atoms with Crippen molar-refractivity contribution < 1.29 is 24.2 Å². The van der Waals surface area contributed by atoms with Gasteiger partial charge in [0, 0.05) is 49.1 Å². The summed E-state index contributed by atoms with van der Waals surface area (Å²) in [4.78, 5) is 56.4. The molecule has 4 heterocycles. The molecule has 3 aliphatic rings. The predicted molar refractivity (Wildman–Crippen MR) is 170 cm³/mol. The third-order valence-corrected chi connectivity index (χ3v) is 8.62. The number of benzene rings is 1. The summed E-state index contributed by atoms with van der Waals surface area (Å²) in [6.45, 7) is 1.23. The van der Waals surface area contributed by atoms with Crippen LogP contribution >= 0.6 is 11.3 Å². The maximum absolute atomic E-state index is 12.5. The SMILES string of the molecule is C#Cc1csc(-c2cc(=O)c3ccc(OC)cc3[nH]2)n1.CN1CCCC/C=C\[C@@H]2CC2NC(=O)N2CCC[C@H]2C1=O.O=CO. The maximum Gasteiger partial charge on any atom is 0.318 e. The van der Waals surface area contributed by atoms with Crippen molar-refractivity contribution in [1.29, 1.82) is 0 Å². The number of carbonyl (C=O) groups excluding carboxylic acids is 2. The van der Waals surface area contributed by atoms with Gasteiger partial charge < -0.3 is 29.9 Å². The first-order valence-corrected chi connectivity index (χ1v) is 15.4. The number of hydrogen-bond donors (Lipinski definition) is 3. The number of ether oxygens (including phenoxy) is 1. The molecule has 2 aliphatic heterocycles. The third-order valence-electron chi connectivity index (χ3n) is 7.74. The molecule has 232 valence electrons. The number of allylic oxidation sites excluding steroid dienone is 1. The fourth-order valence-electron chi connectivity index (χ4n) is 5.29. The molecule has 3 atom stereocenters. The quantitative estimate of drug-likeness (QED) is 0.223. The number of methoxy groups -OCH3 is 1. The van der Waals surface area contributed by atoms with Crippen LogP contribution in [-0.2, 0) is 9.59 Å². The molecule has 3 aromatic rings. The van der Waals surface area contributed by atoms with Crippen LogP contribution in [0.25, 0.3) is 21.6 Å². The predicted octanol–water partition coefficient (Wildman–Crippen LogP) is 4.09. The Kier molecular flexibility index (Phi) is 11.2. The Balaban J connectivity index is 0.000000185. The molecule has 1 unspecified atom stereocenters. The van der Waals surface area contributed by atoms with E-state index in [1.807, 2.05) is 7.05 Å². The molecule has 2 aromatic heterocycles. The minimum atomic E-state index is -0.259. The molecule has 0 bridgehead atoms. The summed E-state index contributed by atoms with van der Waals surface area (Å²) in [7, 11) is 3.44. The molecule has 44 heavy (non-hydrogen) atoms. The molecular formula is C32H37N5O6S. The summed E-state index contributed by atoms with van der Waals surface area (Å²) in [5.74, 6) is 3.76. The Morgan fingerprint density at radius 1 is 1.18 bits per heavy atom. The first-order valence-electron chi connectivity index (χ1n) is 14.5. The Hall–Kier alpha value is -4.63. The lowest BCUT2D eigenvalue weighted by molar-refractivity contribution is -0.133. The van der Waals surface area contributed by atoms with E-state index in [2.05, 4.69) is 33.4 Å². The molecule has 1 saturated carbocycles. The third kappa shape index (κ3) is 8.05. The highest BCUT2D eigenvalue weighted by Gasteiger charge is 2.41. The summed E-state index contributed by atoms with van der Waals surface area (Å²) >= 11 is 1.40. The van der Waals surface area contributed by atoms with E-state index in [4.69, 9.17) is 21.1 Å². The Bertz CT molecular complexity index is 1610. The van der Waals surface area contributed by atoms with Gasteiger partial charge in [-0.25, -0.2) is 9.78 Å². The van der Waals surface area contributed by atoms with Crippen molar-refractivity contribution in [2.75, 3.05) is 27.2 Å². The van der Waals surface area contributed by atoms with Crippen LogP contribution in [0.4, 0.5) is 4.79 Å². The van der Waals surface area contributed by atoms with Gasteiger partial charge in [-0.2, -0.15) is 0 Å². The number of nitrogens with zero attached hydrogens (tertiary/aromatic N) is 3. The Morgan fingerprint density at radius 3 is 2.70 bits per heavy atom. The number of urea groups is 1. The van der Waals surface area contributed by atoms with Crippen LogP contribution in [0.1, 0.15) is 44.2 Å². The number of carbonyl (C=O) groups is 3. The molecule has 1 saturated heterocycles. The zero-order chi connectivity index (χ0) is 31.6. The number of terminal acetylenes is 1. The van der Waals surface area contributed by atoms with E-state index in [1.54, 1.807) is 40.5 Å². The van der Waals surface area contributed by atoms with Crippen molar-refractivity contribution >= 4 is 40.7 Å². The second kappa shape index (κ2) is 15.2. The molecule has 12 heteroatoms. The number of H-pyrrole nitrogens is 1. The van der Waals surface area contributed by atoms with Gasteiger partial charge in [-0.1, -0.05) is 12.2 Å². The largest absolute Gasteiger partial charge is 0.497 e. The number of thiazole rings is 1. The van der Waals surface area contributed by atoms with Gasteiger partial charge in [0.2, 0.25) is 5.91 Å². The summed E-state index contributed by atoms with van der Waals surface area (Å²) < 4.78 is 5.17. The van der Waals surface area contributed by atoms with E-state index in [9.17, 15) is 14.4 Å². The van der Waals surface area contributed by atoms with Gasteiger partial charge in [0.25, 0.3) is 6.47 Å². The average Bonchev–Trinajstić information content (AvgIpc) is 3.38. The number of nitrogens with one attached hydrogen (secondary N) is 2. The smallest absolute Gasteiger partial charge is 0.318 e. The number of carboxylic acid groups (broad SMARTS) is 1. The molecule has 3 N–H and O–H groups in total. The lowest BCUT2D eigenvalue weighted by atomic mass is 10.1. The second-order valence-corrected chi connectivity index (χ2v) is 11.6. The van der Waals surface area contributed by atoms with E-state index in [1.165, 1.54) is 17.4 Å². The van der Waals surface area contributed by atoms with Crippen LogP contribution in [-0.4, -0.2) is 82.6 Å². The fraction of sp³-hybridized carbons (Fsp3) is 0.406. The first kappa shape index (κ1) is 32.3.